The van der Waals surface area contributed by atoms with Crippen LogP contribution >= 0.6 is 0 Å². The number of carboxylic acid groups (broad SMARTS) is 1. The average molecular weight is 1010 g/mol. The van der Waals surface area contributed by atoms with Crippen molar-refractivity contribution in [2.75, 3.05) is 13.2 Å². The molecule has 1 saturated heterocycles. The molecule has 414 valence electrons. The number of ether oxygens (including phenoxy) is 5. The first-order chi connectivity index (χ1) is 34.6. The minimum Gasteiger partial charge on any atom is -0.479 e. The molecule has 0 aromatic heterocycles. The van der Waals surface area contributed by atoms with Crippen LogP contribution in [-0.2, 0) is 42.9 Å². The van der Waals surface area contributed by atoms with Crippen molar-refractivity contribution in [3.63, 3.8) is 0 Å². The molecule has 0 amide bonds. The Bertz CT molecular complexity index is 1340. The third kappa shape index (κ3) is 38.4. The van der Waals surface area contributed by atoms with Gasteiger partial charge >= 0.3 is 23.9 Å². The zero-order valence-corrected chi connectivity index (χ0v) is 45.5. The summed E-state index contributed by atoms with van der Waals surface area (Å²) in [5, 5.41) is 31.4. The highest BCUT2D eigenvalue weighted by Gasteiger charge is 2.50. The Morgan fingerprint density at radius 2 is 0.803 bits per heavy atom. The van der Waals surface area contributed by atoms with Crippen LogP contribution in [0.1, 0.15) is 278 Å². The Labute approximate surface area is 432 Å². The van der Waals surface area contributed by atoms with Crippen LogP contribution in [0.5, 0.6) is 0 Å². The molecule has 6 unspecified atom stereocenters. The maximum atomic E-state index is 13.1. The number of aliphatic hydroxyl groups excluding tert-OH is 2. The standard InChI is InChI=1S/C59H106O12/c1-4-7-10-13-16-19-21-23-25-26-28-29-31-34-36-39-42-45-51(60)67-48-50(69-52(61)46-43-40-38-35-32-30-27-24-22-20-17-14-11-8-5-2)49-68-59-57(55(64)54(63)56(71-59)58(65)66)70-53(62)47-44-41-37-33-18-15-12-9-6-3/h23-25,27,50,54-57,59,63-64H,4-22,26,28-49H2,1-3H3,(H,65,66)/b25-23-,27-24-. The molecule has 1 aliphatic heterocycles. The van der Waals surface area contributed by atoms with Crippen molar-refractivity contribution < 1.29 is 58.2 Å². The lowest BCUT2D eigenvalue weighted by Crippen LogP contribution is -2.61. The second-order valence-electron chi connectivity index (χ2n) is 20.3. The molecule has 0 saturated carbocycles. The van der Waals surface area contributed by atoms with Gasteiger partial charge in [0.15, 0.2) is 24.6 Å². The quantitative estimate of drug-likeness (QED) is 0.0228. The topological polar surface area (TPSA) is 175 Å². The van der Waals surface area contributed by atoms with Crippen LogP contribution in [0.25, 0.3) is 0 Å². The number of aliphatic carboxylic acids is 1. The summed E-state index contributed by atoms with van der Waals surface area (Å²) in [6.45, 7) is 5.96. The Morgan fingerprint density at radius 3 is 1.20 bits per heavy atom. The van der Waals surface area contributed by atoms with E-state index in [1.54, 1.807) is 0 Å². The van der Waals surface area contributed by atoms with Gasteiger partial charge in [0.1, 0.15) is 18.8 Å². The summed E-state index contributed by atoms with van der Waals surface area (Å²) in [5.41, 5.74) is 0. The third-order valence-corrected chi connectivity index (χ3v) is 13.5. The molecule has 1 heterocycles. The van der Waals surface area contributed by atoms with Gasteiger partial charge < -0.3 is 39.0 Å². The van der Waals surface area contributed by atoms with Gasteiger partial charge in [-0.2, -0.15) is 0 Å². The van der Waals surface area contributed by atoms with Crippen molar-refractivity contribution in [2.45, 2.75) is 314 Å². The Hall–Kier alpha value is -2.80. The van der Waals surface area contributed by atoms with Crippen LogP contribution in [0, 0.1) is 0 Å². The third-order valence-electron chi connectivity index (χ3n) is 13.5. The van der Waals surface area contributed by atoms with E-state index in [-0.39, 0.29) is 25.9 Å². The summed E-state index contributed by atoms with van der Waals surface area (Å²) < 4.78 is 28.4. The van der Waals surface area contributed by atoms with E-state index < -0.39 is 67.3 Å². The van der Waals surface area contributed by atoms with Gasteiger partial charge in [-0.25, -0.2) is 4.79 Å². The van der Waals surface area contributed by atoms with Crippen molar-refractivity contribution in [2.24, 2.45) is 0 Å². The van der Waals surface area contributed by atoms with Gasteiger partial charge in [0.05, 0.1) is 6.61 Å². The van der Waals surface area contributed by atoms with E-state index in [0.717, 1.165) is 89.9 Å². The summed E-state index contributed by atoms with van der Waals surface area (Å²) in [6.07, 6.45) is 41.6. The van der Waals surface area contributed by atoms with Crippen molar-refractivity contribution in [1.82, 2.24) is 0 Å². The molecule has 12 heteroatoms. The Balaban J connectivity index is 2.67. The molecule has 0 spiro atoms. The summed E-state index contributed by atoms with van der Waals surface area (Å²) in [7, 11) is 0. The van der Waals surface area contributed by atoms with E-state index in [9.17, 15) is 34.5 Å². The molecule has 0 aliphatic carbocycles. The van der Waals surface area contributed by atoms with Crippen molar-refractivity contribution in [3.8, 4) is 0 Å². The predicted octanol–water partition coefficient (Wildman–Crippen LogP) is 14.7. The number of rotatable bonds is 50. The van der Waals surface area contributed by atoms with Gasteiger partial charge in [-0.3, -0.25) is 14.4 Å². The number of hydrogen-bond acceptors (Lipinski definition) is 11. The number of hydrogen-bond donors (Lipinski definition) is 3. The van der Waals surface area contributed by atoms with E-state index in [1.165, 1.54) is 128 Å². The number of allylic oxidation sites excluding steroid dienone is 4. The molecule has 71 heavy (non-hydrogen) atoms. The molecule has 0 bridgehead atoms. The Morgan fingerprint density at radius 1 is 0.451 bits per heavy atom. The average Bonchev–Trinajstić information content (AvgIpc) is 3.35. The lowest BCUT2D eigenvalue weighted by molar-refractivity contribution is -0.301. The van der Waals surface area contributed by atoms with Gasteiger partial charge in [-0.1, -0.05) is 212 Å². The molecular formula is C59H106O12. The number of carboxylic acids is 1. The monoisotopic (exact) mass is 1010 g/mol. The smallest absolute Gasteiger partial charge is 0.335 e. The first-order valence-corrected chi connectivity index (χ1v) is 29.3. The summed E-state index contributed by atoms with van der Waals surface area (Å²) in [5.74, 6) is -3.11. The van der Waals surface area contributed by atoms with E-state index in [0.29, 0.717) is 19.3 Å². The van der Waals surface area contributed by atoms with E-state index >= 15 is 0 Å². The molecule has 12 nitrogen and oxygen atoms in total. The second-order valence-corrected chi connectivity index (χ2v) is 20.3. The van der Waals surface area contributed by atoms with E-state index in [1.807, 2.05) is 0 Å². The fourth-order valence-corrected chi connectivity index (χ4v) is 8.95. The molecular weight excluding hydrogens is 901 g/mol. The van der Waals surface area contributed by atoms with Crippen molar-refractivity contribution in [3.05, 3.63) is 24.3 Å². The molecule has 1 aliphatic rings. The summed E-state index contributed by atoms with van der Waals surface area (Å²) in [4.78, 5) is 51.0. The highest BCUT2D eigenvalue weighted by Crippen LogP contribution is 2.26. The predicted molar refractivity (Wildman–Crippen MR) is 285 cm³/mol. The molecule has 6 atom stereocenters. The first kappa shape index (κ1) is 66.2. The number of esters is 3. The minimum absolute atomic E-state index is 0.0635. The SMILES string of the molecule is CCCCCCCC/C=C\CCCCCCCCCC(=O)OCC(COC1OC(C(=O)O)C(O)C(O)C1OC(=O)CCCCCCCCCCC)OC(=O)CCCCCCC/C=C\CCCCCCCC. The number of unbranched alkanes of at least 4 members (excludes halogenated alkanes) is 32. The molecule has 0 aromatic carbocycles. The lowest BCUT2D eigenvalue weighted by Gasteiger charge is -2.40. The van der Waals surface area contributed by atoms with E-state index in [2.05, 4.69) is 45.1 Å². The number of aliphatic hydroxyl groups is 2. The van der Waals surface area contributed by atoms with Gasteiger partial charge in [0, 0.05) is 19.3 Å². The molecule has 0 aromatic rings. The van der Waals surface area contributed by atoms with Crippen LogP contribution in [0.2, 0.25) is 0 Å². The number of carbonyl (C=O) groups is 4. The summed E-state index contributed by atoms with van der Waals surface area (Å²) >= 11 is 0. The van der Waals surface area contributed by atoms with Crippen LogP contribution in [0.3, 0.4) is 0 Å². The minimum atomic E-state index is -1.90. The summed E-state index contributed by atoms with van der Waals surface area (Å²) in [6, 6.07) is 0. The largest absolute Gasteiger partial charge is 0.479 e. The highest BCUT2D eigenvalue weighted by atomic mass is 16.7. The normalized spacial score (nSPS) is 18.6. The van der Waals surface area contributed by atoms with Crippen molar-refractivity contribution in [1.29, 1.82) is 0 Å². The fraction of sp³-hybridized carbons (Fsp3) is 0.864. The van der Waals surface area contributed by atoms with Gasteiger partial charge in [0.2, 0.25) is 0 Å². The van der Waals surface area contributed by atoms with Crippen molar-refractivity contribution >= 4 is 23.9 Å². The zero-order valence-electron chi connectivity index (χ0n) is 45.5. The van der Waals surface area contributed by atoms with E-state index in [4.69, 9.17) is 23.7 Å². The van der Waals surface area contributed by atoms with Gasteiger partial charge in [-0.15, -0.1) is 0 Å². The maximum Gasteiger partial charge on any atom is 0.335 e. The highest BCUT2D eigenvalue weighted by molar-refractivity contribution is 5.74. The number of carbonyl (C=O) groups excluding carboxylic acids is 3. The van der Waals surface area contributed by atoms with Crippen LogP contribution in [0.4, 0.5) is 0 Å². The van der Waals surface area contributed by atoms with Gasteiger partial charge in [0.25, 0.3) is 0 Å². The lowest BCUT2D eigenvalue weighted by atomic mass is 9.98. The molecule has 3 N–H and O–H groups in total. The second kappa shape index (κ2) is 48.2. The maximum absolute atomic E-state index is 13.1. The molecule has 1 rings (SSSR count). The molecule has 1 fully saturated rings. The van der Waals surface area contributed by atoms with Crippen LogP contribution < -0.4 is 0 Å². The zero-order chi connectivity index (χ0) is 51.8. The van der Waals surface area contributed by atoms with Gasteiger partial charge in [-0.05, 0) is 70.6 Å². The molecule has 0 radical (unpaired) electrons. The first-order valence-electron chi connectivity index (χ1n) is 29.3. The van der Waals surface area contributed by atoms with Crippen LogP contribution in [0.15, 0.2) is 24.3 Å². The fourth-order valence-electron chi connectivity index (χ4n) is 8.95. The Kier molecular flexibility index (Phi) is 44.9. The van der Waals surface area contributed by atoms with Crippen LogP contribution in [-0.4, -0.2) is 89.2 Å².